The van der Waals surface area contributed by atoms with Crippen molar-refractivity contribution in [3.63, 3.8) is 0 Å². The van der Waals surface area contributed by atoms with Crippen LogP contribution in [0, 0.1) is 0 Å². The smallest absolute Gasteiger partial charge is 0.229 e. The lowest BCUT2D eigenvalue weighted by molar-refractivity contribution is -0.138. The number of carbonyl (C=O) groups is 3. The second-order valence-electron chi connectivity index (χ2n) is 4.44. The molecule has 2 rings (SSSR count). The number of carbonyl (C=O) groups excluding carboxylic acids is 3. The molecule has 0 aliphatic carbocycles. The molecular weight excluding hydrogens is 260 g/mol. The molecule has 0 radical (unpaired) electrons. The van der Waals surface area contributed by atoms with Crippen LogP contribution in [0.15, 0.2) is 24.3 Å². The number of nitrogens with zero attached hydrogens (tertiary/aromatic N) is 1. The summed E-state index contributed by atoms with van der Waals surface area (Å²) in [7, 11) is 1.52. The molecular formula is C14H16N2O4. The highest BCUT2D eigenvalue weighted by molar-refractivity contribution is 6.02. The molecule has 3 amide bonds. The van der Waals surface area contributed by atoms with E-state index in [0.717, 1.165) is 4.90 Å². The molecule has 6 heteroatoms. The van der Waals surface area contributed by atoms with E-state index in [1.807, 2.05) is 0 Å². The number of likely N-dealkylation sites (tertiary alicyclic amines) is 1. The quantitative estimate of drug-likeness (QED) is 0.819. The lowest BCUT2D eigenvalue weighted by atomic mass is 10.2. The number of rotatable bonds is 5. The number of para-hydroxylation sites is 2. The molecule has 1 fully saturated rings. The maximum absolute atomic E-state index is 11.8. The van der Waals surface area contributed by atoms with E-state index >= 15 is 0 Å². The highest BCUT2D eigenvalue weighted by Crippen LogP contribution is 2.23. The Kier molecular flexibility index (Phi) is 4.34. The first-order chi connectivity index (χ1) is 9.61. The molecule has 1 aliphatic rings. The van der Waals surface area contributed by atoms with Crippen molar-refractivity contribution in [2.75, 3.05) is 19.0 Å². The molecule has 0 unspecified atom stereocenters. The minimum Gasteiger partial charge on any atom is -0.495 e. The average molecular weight is 276 g/mol. The molecule has 0 spiro atoms. The van der Waals surface area contributed by atoms with Crippen molar-refractivity contribution in [2.24, 2.45) is 0 Å². The molecule has 0 aromatic heterocycles. The molecule has 1 aromatic carbocycles. The summed E-state index contributed by atoms with van der Waals surface area (Å²) in [4.78, 5) is 35.8. The predicted octanol–water partition coefficient (Wildman–Crippen LogP) is 1.17. The van der Waals surface area contributed by atoms with Crippen LogP contribution >= 0.6 is 0 Å². The fraction of sp³-hybridized carbons (Fsp3) is 0.357. The van der Waals surface area contributed by atoms with Crippen LogP contribution < -0.4 is 10.1 Å². The molecule has 20 heavy (non-hydrogen) atoms. The van der Waals surface area contributed by atoms with Gasteiger partial charge in [-0.25, -0.2) is 0 Å². The first-order valence-electron chi connectivity index (χ1n) is 6.38. The third-order valence-electron chi connectivity index (χ3n) is 3.10. The lowest BCUT2D eigenvalue weighted by Crippen LogP contribution is -2.32. The van der Waals surface area contributed by atoms with Crippen LogP contribution in [-0.2, 0) is 14.4 Å². The number of methoxy groups -OCH3 is 1. The predicted molar refractivity (Wildman–Crippen MR) is 72.2 cm³/mol. The van der Waals surface area contributed by atoms with E-state index < -0.39 is 0 Å². The zero-order chi connectivity index (χ0) is 14.5. The summed E-state index contributed by atoms with van der Waals surface area (Å²) in [5.41, 5.74) is 0.569. The first-order valence-corrected chi connectivity index (χ1v) is 6.38. The van der Waals surface area contributed by atoms with E-state index in [2.05, 4.69) is 5.32 Å². The number of anilines is 1. The van der Waals surface area contributed by atoms with Gasteiger partial charge in [-0.1, -0.05) is 12.1 Å². The molecule has 1 heterocycles. The van der Waals surface area contributed by atoms with Gasteiger partial charge < -0.3 is 10.1 Å². The molecule has 106 valence electrons. The highest BCUT2D eigenvalue weighted by atomic mass is 16.5. The van der Waals surface area contributed by atoms with Crippen LogP contribution in [0.4, 0.5) is 5.69 Å². The second-order valence-corrected chi connectivity index (χ2v) is 4.44. The zero-order valence-corrected chi connectivity index (χ0v) is 11.2. The second kappa shape index (κ2) is 6.18. The third kappa shape index (κ3) is 3.14. The Morgan fingerprint density at radius 1 is 1.25 bits per heavy atom. The van der Waals surface area contributed by atoms with Crippen molar-refractivity contribution in [3.05, 3.63) is 24.3 Å². The van der Waals surface area contributed by atoms with Gasteiger partial charge in [0.1, 0.15) is 5.75 Å². The van der Waals surface area contributed by atoms with Gasteiger partial charge in [0.2, 0.25) is 17.7 Å². The van der Waals surface area contributed by atoms with E-state index in [-0.39, 0.29) is 43.5 Å². The van der Waals surface area contributed by atoms with Crippen LogP contribution in [0.3, 0.4) is 0 Å². The maximum atomic E-state index is 11.8. The Balaban J connectivity index is 1.89. The third-order valence-corrected chi connectivity index (χ3v) is 3.10. The maximum Gasteiger partial charge on any atom is 0.229 e. The van der Waals surface area contributed by atoms with Gasteiger partial charge in [-0.05, 0) is 12.1 Å². The van der Waals surface area contributed by atoms with Gasteiger partial charge in [-0.15, -0.1) is 0 Å². The van der Waals surface area contributed by atoms with Gasteiger partial charge in [0.25, 0.3) is 0 Å². The largest absolute Gasteiger partial charge is 0.495 e. The van der Waals surface area contributed by atoms with Crippen molar-refractivity contribution in [3.8, 4) is 5.75 Å². The first kappa shape index (κ1) is 14.0. The SMILES string of the molecule is COc1ccccc1NC(=O)CCN1C(=O)CCC1=O. The number of ether oxygens (including phenoxy) is 1. The summed E-state index contributed by atoms with van der Waals surface area (Å²) in [5, 5.41) is 2.70. The summed E-state index contributed by atoms with van der Waals surface area (Å²) in [6, 6.07) is 7.05. The highest BCUT2D eigenvalue weighted by Gasteiger charge is 2.28. The van der Waals surface area contributed by atoms with Crippen LogP contribution in [-0.4, -0.2) is 36.3 Å². The monoisotopic (exact) mass is 276 g/mol. The van der Waals surface area contributed by atoms with Crippen molar-refractivity contribution in [1.29, 1.82) is 0 Å². The van der Waals surface area contributed by atoms with Crippen LogP contribution in [0.5, 0.6) is 5.75 Å². The van der Waals surface area contributed by atoms with Crippen molar-refractivity contribution in [2.45, 2.75) is 19.3 Å². The van der Waals surface area contributed by atoms with Crippen LogP contribution in [0.1, 0.15) is 19.3 Å². The Morgan fingerprint density at radius 2 is 1.90 bits per heavy atom. The number of hydrogen-bond donors (Lipinski definition) is 1. The number of benzene rings is 1. The van der Waals surface area contributed by atoms with Gasteiger partial charge in [-0.2, -0.15) is 0 Å². The van der Waals surface area contributed by atoms with Gasteiger partial charge >= 0.3 is 0 Å². The van der Waals surface area contributed by atoms with E-state index in [4.69, 9.17) is 4.74 Å². The summed E-state index contributed by atoms with van der Waals surface area (Å²) in [6.45, 7) is 0.124. The van der Waals surface area contributed by atoms with Gasteiger partial charge in [-0.3, -0.25) is 19.3 Å². The molecule has 1 saturated heterocycles. The Morgan fingerprint density at radius 3 is 2.55 bits per heavy atom. The van der Waals surface area contributed by atoms with Crippen molar-refractivity contribution in [1.82, 2.24) is 4.90 Å². The number of nitrogens with one attached hydrogen (secondary N) is 1. The summed E-state index contributed by atoms with van der Waals surface area (Å²) in [6.07, 6.45) is 0.565. The fourth-order valence-corrected chi connectivity index (χ4v) is 2.05. The molecule has 0 saturated carbocycles. The van der Waals surface area contributed by atoms with E-state index in [1.54, 1.807) is 24.3 Å². The molecule has 0 atom stereocenters. The minimum atomic E-state index is -0.262. The van der Waals surface area contributed by atoms with E-state index in [9.17, 15) is 14.4 Å². The number of imide groups is 1. The van der Waals surface area contributed by atoms with E-state index in [0.29, 0.717) is 11.4 Å². The standard InChI is InChI=1S/C14H16N2O4/c1-20-11-5-3-2-4-10(11)15-12(17)8-9-16-13(18)6-7-14(16)19/h2-5H,6-9H2,1H3,(H,15,17). The Bertz CT molecular complexity index is 526. The number of hydrogen-bond acceptors (Lipinski definition) is 4. The Hall–Kier alpha value is -2.37. The molecule has 6 nitrogen and oxygen atoms in total. The topological polar surface area (TPSA) is 75.7 Å². The van der Waals surface area contributed by atoms with Gasteiger partial charge in [0.15, 0.2) is 0 Å². The summed E-state index contributed by atoms with van der Waals surface area (Å²) >= 11 is 0. The molecule has 1 aliphatic heterocycles. The average Bonchev–Trinajstić information content (AvgIpc) is 2.76. The summed E-state index contributed by atoms with van der Waals surface area (Å²) < 4.78 is 5.12. The molecule has 0 bridgehead atoms. The lowest BCUT2D eigenvalue weighted by Gasteiger charge is -2.14. The van der Waals surface area contributed by atoms with Crippen LogP contribution in [0.2, 0.25) is 0 Å². The van der Waals surface area contributed by atoms with Gasteiger partial charge in [0, 0.05) is 25.8 Å². The van der Waals surface area contributed by atoms with Gasteiger partial charge in [0.05, 0.1) is 12.8 Å². The minimum absolute atomic E-state index is 0.0789. The van der Waals surface area contributed by atoms with Crippen LogP contribution in [0.25, 0.3) is 0 Å². The number of amides is 3. The molecule has 1 N–H and O–H groups in total. The normalized spacial score (nSPS) is 14.6. The Labute approximate surface area is 116 Å². The van der Waals surface area contributed by atoms with Crippen molar-refractivity contribution < 1.29 is 19.1 Å². The summed E-state index contributed by atoms with van der Waals surface area (Å²) in [5.74, 6) is -0.114. The fourth-order valence-electron chi connectivity index (χ4n) is 2.05. The molecule has 1 aromatic rings. The van der Waals surface area contributed by atoms with E-state index in [1.165, 1.54) is 7.11 Å². The zero-order valence-electron chi connectivity index (χ0n) is 11.2. The van der Waals surface area contributed by atoms with Crippen molar-refractivity contribution >= 4 is 23.4 Å².